The van der Waals surface area contributed by atoms with Crippen molar-refractivity contribution in [1.82, 2.24) is 14.3 Å². The number of hydrogen-bond acceptors (Lipinski definition) is 3. The van der Waals surface area contributed by atoms with Gasteiger partial charge in [-0.2, -0.15) is 0 Å². The number of nitrogens with zero attached hydrogens (tertiary/aromatic N) is 3. The van der Waals surface area contributed by atoms with Crippen molar-refractivity contribution in [1.29, 1.82) is 0 Å². The highest BCUT2D eigenvalue weighted by Crippen LogP contribution is 2.18. The maximum atomic E-state index is 12.6. The van der Waals surface area contributed by atoms with E-state index >= 15 is 0 Å². The molecule has 0 unspecified atom stereocenters. The van der Waals surface area contributed by atoms with Crippen molar-refractivity contribution >= 4 is 23.2 Å². The number of ether oxygens (including phenoxy) is 1. The highest BCUT2D eigenvalue weighted by Gasteiger charge is 2.24. The molecule has 2 aromatic heterocycles. The van der Waals surface area contributed by atoms with Crippen molar-refractivity contribution < 1.29 is 9.53 Å². The Morgan fingerprint density at radius 1 is 1.37 bits per heavy atom. The number of amides is 1. The summed E-state index contributed by atoms with van der Waals surface area (Å²) in [6, 6.07) is 3.58. The molecule has 6 heteroatoms. The first kappa shape index (κ1) is 12.4. The Balaban J connectivity index is 2.05. The van der Waals surface area contributed by atoms with Crippen LogP contribution in [0.4, 0.5) is 0 Å². The van der Waals surface area contributed by atoms with Gasteiger partial charge in [-0.3, -0.25) is 9.20 Å². The van der Waals surface area contributed by atoms with E-state index in [9.17, 15) is 4.79 Å². The first-order chi connectivity index (χ1) is 9.16. The van der Waals surface area contributed by atoms with Crippen LogP contribution >= 0.6 is 11.6 Å². The quantitative estimate of drug-likeness (QED) is 0.799. The fraction of sp³-hybridized carbons (Fsp3) is 0.385. The van der Waals surface area contributed by atoms with Crippen molar-refractivity contribution in [2.24, 2.45) is 0 Å². The van der Waals surface area contributed by atoms with Gasteiger partial charge in [-0.1, -0.05) is 11.6 Å². The van der Waals surface area contributed by atoms with Gasteiger partial charge in [0.2, 0.25) is 0 Å². The molecule has 0 aromatic carbocycles. The molecular weight excluding hydrogens is 266 g/mol. The minimum Gasteiger partial charge on any atom is -0.378 e. The van der Waals surface area contributed by atoms with E-state index in [4.69, 9.17) is 16.3 Å². The van der Waals surface area contributed by atoms with Crippen LogP contribution in [-0.4, -0.2) is 46.5 Å². The van der Waals surface area contributed by atoms with Crippen LogP contribution in [0.25, 0.3) is 5.65 Å². The van der Waals surface area contributed by atoms with Gasteiger partial charge in [-0.25, -0.2) is 4.98 Å². The Labute approximate surface area is 115 Å². The average molecular weight is 280 g/mol. The normalized spacial score (nSPS) is 16.0. The van der Waals surface area contributed by atoms with E-state index in [2.05, 4.69) is 4.98 Å². The van der Waals surface area contributed by atoms with Gasteiger partial charge in [0.25, 0.3) is 5.91 Å². The monoisotopic (exact) mass is 279 g/mol. The number of halogens is 1. The third kappa shape index (κ3) is 2.19. The highest BCUT2D eigenvalue weighted by atomic mass is 35.5. The van der Waals surface area contributed by atoms with Crippen LogP contribution in [0, 0.1) is 6.92 Å². The SMILES string of the molecule is Cc1nc2ccc(Cl)cn2c1C(=O)N1CCOCC1. The standard InChI is InChI=1S/C13H14ClN3O2/c1-9-12(13(18)16-4-6-19-7-5-16)17-8-10(14)2-3-11(17)15-9/h2-3,8H,4-7H2,1H3. The van der Waals surface area contributed by atoms with Crippen LogP contribution in [0.2, 0.25) is 5.02 Å². The number of imidazole rings is 1. The number of carbonyl (C=O) groups is 1. The second kappa shape index (κ2) is 4.83. The molecule has 0 atom stereocenters. The number of fused-ring (bicyclic) bond motifs is 1. The van der Waals surface area contributed by atoms with Crippen molar-refractivity contribution in [3.05, 3.63) is 34.7 Å². The molecule has 0 aliphatic carbocycles. The molecule has 1 aliphatic rings. The number of rotatable bonds is 1. The zero-order valence-electron chi connectivity index (χ0n) is 10.6. The molecule has 0 radical (unpaired) electrons. The predicted octanol–water partition coefficient (Wildman–Crippen LogP) is 1.77. The zero-order chi connectivity index (χ0) is 13.4. The maximum absolute atomic E-state index is 12.6. The van der Waals surface area contributed by atoms with Crippen molar-refractivity contribution in [3.63, 3.8) is 0 Å². The zero-order valence-corrected chi connectivity index (χ0v) is 11.4. The fourth-order valence-corrected chi connectivity index (χ4v) is 2.47. The third-order valence-corrected chi connectivity index (χ3v) is 3.48. The summed E-state index contributed by atoms with van der Waals surface area (Å²) < 4.78 is 7.03. The summed E-state index contributed by atoms with van der Waals surface area (Å²) in [7, 11) is 0. The Morgan fingerprint density at radius 3 is 2.84 bits per heavy atom. The van der Waals surface area contributed by atoms with Gasteiger partial charge in [0.05, 0.1) is 23.9 Å². The van der Waals surface area contributed by atoms with Gasteiger partial charge < -0.3 is 9.64 Å². The summed E-state index contributed by atoms with van der Waals surface area (Å²) in [5, 5.41) is 0.584. The molecule has 5 nitrogen and oxygen atoms in total. The number of hydrogen-bond donors (Lipinski definition) is 0. The van der Waals surface area contributed by atoms with E-state index in [0.29, 0.717) is 37.0 Å². The van der Waals surface area contributed by atoms with Crippen LogP contribution in [0.5, 0.6) is 0 Å². The summed E-state index contributed by atoms with van der Waals surface area (Å²) in [6.07, 6.45) is 1.73. The lowest BCUT2D eigenvalue weighted by Crippen LogP contribution is -2.41. The van der Waals surface area contributed by atoms with Crippen molar-refractivity contribution in [2.45, 2.75) is 6.92 Å². The van der Waals surface area contributed by atoms with Gasteiger partial charge in [-0.05, 0) is 19.1 Å². The third-order valence-electron chi connectivity index (χ3n) is 3.26. The molecule has 1 amide bonds. The largest absolute Gasteiger partial charge is 0.378 e. The number of carbonyl (C=O) groups excluding carboxylic acids is 1. The minimum absolute atomic E-state index is 0.0180. The Kier molecular flexibility index (Phi) is 3.16. The highest BCUT2D eigenvalue weighted by molar-refractivity contribution is 6.30. The summed E-state index contributed by atoms with van der Waals surface area (Å²) >= 11 is 6.00. The molecule has 0 spiro atoms. The van der Waals surface area contributed by atoms with E-state index in [-0.39, 0.29) is 5.91 Å². The summed E-state index contributed by atoms with van der Waals surface area (Å²) in [5.41, 5.74) is 2.04. The van der Waals surface area contributed by atoms with E-state index in [1.807, 2.05) is 13.0 Å². The minimum atomic E-state index is -0.0180. The van der Waals surface area contributed by atoms with Crippen LogP contribution < -0.4 is 0 Å². The fourth-order valence-electron chi connectivity index (χ4n) is 2.31. The molecule has 0 bridgehead atoms. The van der Waals surface area contributed by atoms with Crippen LogP contribution in [0.15, 0.2) is 18.3 Å². The molecule has 0 saturated carbocycles. The smallest absolute Gasteiger partial charge is 0.272 e. The second-order valence-electron chi connectivity index (χ2n) is 4.53. The molecule has 100 valence electrons. The molecule has 19 heavy (non-hydrogen) atoms. The lowest BCUT2D eigenvalue weighted by atomic mass is 10.3. The lowest BCUT2D eigenvalue weighted by Gasteiger charge is -2.26. The van der Waals surface area contributed by atoms with Crippen LogP contribution in [0.3, 0.4) is 0 Å². The maximum Gasteiger partial charge on any atom is 0.272 e. The topological polar surface area (TPSA) is 46.8 Å². The van der Waals surface area contributed by atoms with Gasteiger partial charge >= 0.3 is 0 Å². The molecule has 3 rings (SSSR count). The van der Waals surface area contributed by atoms with Gasteiger partial charge in [0.15, 0.2) is 0 Å². The van der Waals surface area contributed by atoms with Crippen molar-refractivity contribution in [2.75, 3.05) is 26.3 Å². The number of morpholine rings is 1. The Bertz CT molecular complexity index is 632. The molecule has 2 aromatic rings. The number of aromatic nitrogens is 2. The summed E-state index contributed by atoms with van der Waals surface area (Å²) in [5.74, 6) is -0.0180. The first-order valence-corrected chi connectivity index (χ1v) is 6.56. The first-order valence-electron chi connectivity index (χ1n) is 6.18. The van der Waals surface area contributed by atoms with Gasteiger partial charge in [-0.15, -0.1) is 0 Å². The molecule has 3 heterocycles. The molecule has 1 saturated heterocycles. The van der Waals surface area contributed by atoms with E-state index in [0.717, 1.165) is 11.3 Å². The average Bonchev–Trinajstić information content (AvgIpc) is 2.74. The van der Waals surface area contributed by atoms with Crippen LogP contribution in [0.1, 0.15) is 16.2 Å². The lowest BCUT2D eigenvalue weighted by molar-refractivity contribution is 0.0298. The second-order valence-corrected chi connectivity index (χ2v) is 4.96. The van der Waals surface area contributed by atoms with E-state index < -0.39 is 0 Å². The van der Waals surface area contributed by atoms with E-state index in [1.54, 1.807) is 21.6 Å². The van der Waals surface area contributed by atoms with Crippen molar-refractivity contribution in [3.8, 4) is 0 Å². The molecule has 1 aliphatic heterocycles. The predicted molar refractivity (Wildman–Crippen MR) is 71.7 cm³/mol. The summed E-state index contributed by atoms with van der Waals surface area (Å²) in [4.78, 5) is 18.8. The number of aryl methyl sites for hydroxylation is 1. The molecule has 1 fully saturated rings. The van der Waals surface area contributed by atoms with Gasteiger partial charge in [0, 0.05) is 19.3 Å². The molecule has 0 N–H and O–H groups in total. The van der Waals surface area contributed by atoms with Gasteiger partial charge in [0.1, 0.15) is 11.3 Å². The Morgan fingerprint density at radius 2 is 2.11 bits per heavy atom. The summed E-state index contributed by atoms with van der Waals surface area (Å²) in [6.45, 7) is 4.25. The Hall–Kier alpha value is -1.59. The van der Waals surface area contributed by atoms with E-state index in [1.165, 1.54) is 0 Å². The number of pyridine rings is 1. The molecular formula is C13H14ClN3O2. The van der Waals surface area contributed by atoms with Crippen LogP contribution in [-0.2, 0) is 4.74 Å².